The molecule has 0 bridgehead atoms. The Labute approximate surface area is 188 Å². The van der Waals surface area contributed by atoms with Crippen LogP contribution in [0.1, 0.15) is 17.2 Å². The molecule has 2 aromatic carbocycles. The summed E-state index contributed by atoms with van der Waals surface area (Å²) in [6.07, 6.45) is -0.906. The van der Waals surface area contributed by atoms with Gasteiger partial charge in [-0.25, -0.2) is 0 Å². The van der Waals surface area contributed by atoms with Crippen molar-refractivity contribution < 1.29 is 43.0 Å². The molecule has 2 aromatic rings. The molecule has 0 fully saturated rings. The summed E-state index contributed by atoms with van der Waals surface area (Å²) in [6.45, 7) is 1.96. The van der Waals surface area contributed by atoms with Gasteiger partial charge in [0.1, 0.15) is 6.10 Å². The smallest absolute Gasteiger partial charge is 0.189 e. The third kappa shape index (κ3) is 7.85. The molecule has 0 radical (unpaired) electrons. The van der Waals surface area contributed by atoms with Crippen molar-refractivity contribution in [1.29, 1.82) is 0 Å². The largest absolute Gasteiger partial charge is 0.493 e. The zero-order chi connectivity index (χ0) is 23.2. The first-order chi connectivity index (χ1) is 15.6. The van der Waals surface area contributed by atoms with E-state index in [-0.39, 0.29) is 13.6 Å². The fourth-order valence-corrected chi connectivity index (χ4v) is 2.75. The Bertz CT molecular complexity index is 732. The van der Waals surface area contributed by atoms with E-state index < -0.39 is 6.10 Å². The molecule has 0 saturated carbocycles. The average Bonchev–Trinajstić information content (AvgIpc) is 2.83. The molecule has 0 aliphatic carbocycles. The second-order valence-electron chi connectivity index (χ2n) is 6.55. The third-order valence-electron chi connectivity index (χ3n) is 4.47. The number of methoxy groups -OCH3 is 4. The van der Waals surface area contributed by atoms with E-state index in [2.05, 4.69) is 0 Å². The van der Waals surface area contributed by atoms with Gasteiger partial charge in [0.05, 0.1) is 40.6 Å². The minimum Gasteiger partial charge on any atom is -0.493 e. The summed E-state index contributed by atoms with van der Waals surface area (Å²) in [4.78, 5) is 0. The molecule has 0 aliphatic rings. The molecule has 9 nitrogen and oxygen atoms in total. The van der Waals surface area contributed by atoms with Crippen LogP contribution in [0.3, 0.4) is 0 Å². The van der Waals surface area contributed by atoms with E-state index in [0.717, 1.165) is 0 Å². The standard InChI is InChI=1S/C23H32O9/c1-25-9-11-29-15-31-19-7-5-17(13-21(19)27-3)23(24)18-6-8-20(22(14-18)28-4)32-16-30-12-10-26-2/h5-8,13-14,23-24H,9-12,15-16H2,1-4H3. The highest BCUT2D eigenvalue weighted by Crippen LogP contribution is 2.35. The number of benzene rings is 2. The van der Waals surface area contributed by atoms with Crippen LogP contribution in [-0.4, -0.2) is 73.6 Å². The maximum atomic E-state index is 10.9. The van der Waals surface area contributed by atoms with Gasteiger partial charge in [-0.15, -0.1) is 0 Å². The highest BCUT2D eigenvalue weighted by molar-refractivity contribution is 5.48. The lowest BCUT2D eigenvalue weighted by Crippen LogP contribution is -2.09. The van der Waals surface area contributed by atoms with Gasteiger partial charge in [-0.3, -0.25) is 0 Å². The normalized spacial score (nSPS) is 10.9. The van der Waals surface area contributed by atoms with Gasteiger partial charge in [-0.2, -0.15) is 0 Å². The summed E-state index contributed by atoms with van der Waals surface area (Å²) in [5.74, 6) is 1.99. The van der Waals surface area contributed by atoms with Gasteiger partial charge < -0.3 is 43.0 Å². The van der Waals surface area contributed by atoms with Crippen LogP contribution in [-0.2, 0) is 18.9 Å². The predicted molar refractivity (Wildman–Crippen MR) is 117 cm³/mol. The van der Waals surface area contributed by atoms with Crippen molar-refractivity contribution in [3.63, 3.8) is 0 Å². The molecule has 32 heavy (non-hydrogen) atoms. The molecule has 2 rings (SSSR count). The van der Waals surface area contributed by atoms with Gasteiger partial charge >= 0.3 is 0 Å². The molecule has 178 valence electrons. The van der Waals surface area contributed by atoms with Crippen molar-refractivity contribution in [1.82, 2.24) is 0 Å². The first kappa shape index (κ1) is 25.7. The number of rotatable bonds is 16. The first-order valence-electron chi connectivity index (χ1n) is 10.1. The Morgan fingerprint density at radius 1 is 0.625 bits per heavy atom. The van der Waals surface area contributed by atoms with E-state index in [0.29, 0.717) is 60.6 Å². The number of hydrogen-bond acceptors (Lipinski definition) is 9. The summed E-state index contributed by atoms with van der Waals surface area (Å²) in [7, 11) is 6.28. The number of hydrogen-bond donors (Lipinski definition) is 1. The maximum absolute atomic E-state index is 10.9. The zero-order valence-corrected chi connectivity index (χ0v) is 19.0. The van der Waals surface area contributed by atoms with E-state index in [9.17, 15) is 5.11 Å². The van der Waals surface area contributed by atoms with E-state index in [1.54, 1.807) is 50.6 Å². The molecular weight excluding hydrogens is 420 g/mol. The Morgan fingerprint density at radius 2 is 1.06 bits per heavy atom. The molecule has 0 heterocycles. The summed E-state index contributed by atoms with van der Waals surface area (Å²) in [5.41, 5.74) is 1.27. The second-order valence-corrected chi connectivity index (χ2v) is 6.55. The van der Waals surface area contributed by atoms with Crippen LogP contribution >= 0.6 is 0 Å². The van der Waals surface area contributed by atoms with Crippen LogP contribution in [0.15, 0.2) is 36.4 Å². The van der Waals surface area contributed by atoms with E-state index in [4.69, 9.17) is 37.9 Å². The fraction of sp³-hybridized carbons (Fsp3) is 0.478. The topological polar surface area (TPSA) is 94.1 Å². The van der Waals surface area contributed by atoms with E-state index in [1.165, 1.54) is 14.2 Å². The number of aliphatic hydroxyl groups excluding tert-OH is 1. The predicted octanol–water partition coefficient (Wildman–Crippen LogP) is 2.78. The second kappa shape index (κ2) is 14.5. The van der Waals surface area contributed by atoms with Crippen molar-refractivity contribution in [3.05, 3.63) is 47.5 Å². The van der Waals surface area contributed by atoms with Gasteiger partial charge in [-0.05, 0) is 35.4 Å². The maximum Gasteiger partial charge on any atom is 0.189 e. The summed E-state index contributed by atoms with van der Waals surface area (Å²) >= 11 is 0. The lowest BCUT2D eigenvalue weighted by molar-refractivity contribution is -0.00953. The zero-order valence-electron chi connectivity index (χ0n) is 19.0. The van der Waals surface area contributed by atoms with Crippen molar-refractivity contribution in [2.45, 2.75) is 6.10 Å². The molecule has 0 spiro atoms. The lowest BCUT2D eigenvalue weighted by atomic mass is 10.0. The van der Waals surface area contributed by atoms with Gasteiger partial charge in [0.25, 0.3) is 0 Å². The van der Waals surface area contributed by atoms with Gasteiger partial charge in [0, 0.05) is 14.2 Å². The molecule has 0 aromatic heterocycles. The van der Waals surface area contributed by atoms with Crippen molar-refractivity contribution in [3.8, 4) is 23.0 Å². The van der Waals surface area contributed by atoms with Crippen LogP contribution in [0.25, 0.3) is 0 Å². The Balaban J connectivity index is 2.05. The summed E-state index contributed by atoms with van der Waals surface area (Å²) in [6, 6.07) is 10.4. The monoisotopic (exact) mass is 452 g/mol. The number of ether oxygens (including phenoxy) is 8. The van der Waals surface area contributed by atoms with Crippen LogP contribution < -0.4 is 18.9 Å². The van der Waals surface area contributed by atoms with Crippen LogP contribution in [0, 0.1) is 0 Å². The molecule has 1 N–H and O–H groups in total. The van der Waals surface area contributed by atoms with Gasteiger partial charge in [0.15, 0.2) is 36.6 Å². The third-order valence-corrected chi connectivity index (χ3v) is 4.47. The molecular formula is C23H32O9. The van der Waals surface area contributed by atoms with Gasteiger partial charge in [-0.1, -0.05) is 12.1 Å². The average molecular weight is 453 g/mol. The highest BCUT2D eigenvalue weighted by Gasteiger charge is 2.17. The van der Waals surface area contributed by atoms with E-state index in [1.807, 2.05) is 0 Å². The van der Waals surface area contributed by atoms with Crippen LogP contribution in [0.5, 0.6) is 23.0 Å². The van der Waals surface area contributed by atoms with Crippen molar-refractivity contribution >= 4 is 0 Å². The fourth-order valence-electron chi connectivity index (χ4n) is 2.75. The quantitative estimate of drug-likeness (QED) is 0.305. The minimum atomic E-state index is -0.906. The first-order valence-corrected chi connectivity index (χ1v) is 10.1. The number of aliphatic hydroxyl groups is 1. The van der Waals surface area contributed by atoms with Crippen molar-refractivity contribution in [2.75, 3.05) is 68.5 Å². The van der Waals surface area contributed by atoms with Gasteiger partial charge in [0.2, 0.25) is 0 Å². The van der Waals surface area contributed by atoms with Crippen molar-refractivity contribution in [2.24, 2.45) is 0 Å². The van der Waals surface area contributed by atoms with Crippen LogP contribution in [0.2, 0.25) is 0 Å². The Kier molecular flexibility index (Phi) is 11.6. The lowest BCUT2D eigenvalue weighted by Gasteiger charge is -2.17. The highest BCUT2D eigenvalue weighted by atomic mass is 16.7. The molecule has 0 aliphatic heterocycles. The molecule has 0 atom stereocenters. The Hall–Kier alpha value is -2.56. The summed E-state index contributed by atoms with van der Waals surface area (Å²) in [5, 5.41) is 10.9. The minimum absolute atomic E-state index is 0.0649. The summed E-state index contributed by atoms with van der Waals surface area (Å²) < 4.78 is 42.5. The Morgan fingerprint density at radius 3 is 1.44 bits per heavy atom. The molecule has 0 saturated heterocycles. The SMILES string of the molecule is COCCOCOc1ccc(C(O)c2ccc(OCOCCOC)c(OC)c2)cc1OC. The molecule has 9 heteroatoms. The van der Waals surface area contributed by atoms with Crippen LogP contribution in [0.4, 0.5) is 0 Å². The molecule has 0 unspecified atom stereocenters. The van der Waals surface area contributed by atoms with E-state index >= 15 is 0 Å². The molecule has 0 amide bonds.